The molecule has 0 spiro atoms. The molecule has 2 aromatic carbocycles. The molecule has 0 unspecified atom stereocenters. The molecule has 0 saturated carbocycles. The van der Waals surface area contributed by atoms with Gasteiger partial charge in [0.15, 0.2) is 5.82 Å². The standard InChI is InChI=1S/C28H31N7O4/c1-18-14-24(33(3)17-20-9-7-12-32(20)2)25(35(37)38)15-22(18)30-28-29-16-21(27(36)39-4)26(31-28)34-13-11-19-8-5-6-10-23(19)34/h5-6,8,10-11,13-16,20H,7,9,12,17H2,1-4H3,(H,29,30,31)/t20-/m1/s1. The summed E-state index contributed by atoms with van der Waals surface area (Å²) >= 11 is 0. The number of ether oxygens (including phenoxy) is 1. The van der Waals surface area contributed by atoms with E-state index in [9.17, 15) is 14.9 Å². The number of nitro benzene ring substituents is 1. The van der Waals surface area contributed by atoms with Crippen molar-refractivity contribution in [3.8, 4) is 5.82 Å². The molecule has 1 saturated heterocycles. The summed E-state index contributed by atoms with van der Waals surface area (Å²) in [6.07, 6.45) is 5.43. The van der Waals surface area contributed by atoms with Crippen LogP contribution in [0.15, 0.2) is 54.9 Å². The van der Waals surface area contributed by atoms with Crippen molar-refractivity contribution in [3.05, 3.63) is 76.1 Å². The van der Waals surface area contributed by atoms with E-state index in [-0.39, 0.29) is 22.1 Å². The Kier molecular flexibility index (Phi) is 7.16. The van der Waals surface area contributed by atoms with Crippen LogP contribution in [0.1, 0.15) is 28.8 Å². The molecular formula is C28H31N7O4. The molecule has 5 rings (SSSR count). The second kappa shape index (κ2) is 10.7. The number of methoxy groups -OCH3 is 1. The average Bonchev–Trinajstić information content (AvgIpc) is 3.54. The van der Waals surface area contributed by atoms with Crippen LogP contribution in [0.2, 0.25) is 0 Å². The molecule has 4 aromatic rings. The van der Waals surface area contributed by atoms with Crippen LogP contribution in [-0.4, -0.2) is 70.7 Å². The van der Waals surface area contributed by atoms with Gasteiger partial charge in [0, 0.05) is 38.1 Å². The molecule has 1 aliphatic heterocycles. The lowest BCUT2D eigenvalue weighted by Gasteiger charge is -2.27. The van der Waals surface area contributed by atoms with E-state index in [1.54, 1.807) is 4.57 Å². The highest BCUT2D eigenvalue weighted by molar-refractivity contribution is 5.94. The predicted octanol–water partition coefficient (Wildman–Crippen LogP) is 4.70. The summed E-state index contributed by atoms with van der Waals surface area (Å²) < 4.78 is 6.75. The van der Waals surface area contributed by atoms with Crippen LogP contribution in [0.5, 0.6) is 0 Å². The maximum atomic E-state index is 12.5. The van der Waals surface area contributed by atoms with Crippen LogP contribution in [-0.2, 0) is 4.74 Å². The van der Waals surface area contributed by atoms with Gasteiger partial charge in [-0.15, -0.1) is 0 Å². The van der Waals surface area contributed by atoms with Crippen LogP contribution in [0.4, 0.5) is 23.0 Å². The largest absolute Gasteiger partial charge is 0.465 e. The highest BCUT2D eigenvalue weighted by Crippen LogP contribution is 2.35. The van der Waals surface area contributed by atoms with E-state index in [0.29, 0.717) is 29.8 Å². The first kappa shape index (κ1) is 26.1. The number of benzene rings is 2. The third-order valence-corrected chi connectivity index (χ3v) is 7.33. The number of carbonyl (C=O) groups is 1. The summed E-state index contributed by atoms with van der Waals surface area (Å²) in [4.78, 5) is 37.5. The van der Waals surface area contributed by atoms with Crippen molar-refractivity contribution in [1.29, 1.82) is 0 Å². The fraction of sp³-hybridized carbons (Fsp3) is 0.321. The fourth-order valence-electron chi connectivity index (χ4n) is 5.15. The molecule has 11 heteroatoms. The number of hydrogen-bond acceptors (Lipinski definition) is 9. The van der Waals surface area contributed by atoms with Crippen LogP contribution < -0.4 is 10.2 Å². The molecule has 1 fully saturated rings. The zero-order valence-corrected chi connectivity index (χ0v) is 22.4. The van der Waals surface area contributed by atoms with E-state index in [1.165, 1.54) is 19.4 Å². The number of esters is 1. The number of anilines is 3. The first-order valence-corrected chi connectivity index (χ1v) is 12.8. The molecule has 0 amide bonds. The normalized spacial score (nSPS) is 15.4. The van der Waals surface area contributed by atoms with Crippen molar-refractivity contribution in [2.75, 3.05) is 44.5 Å². The third-order valence-electron chi connectivity index (χ3n) is 7.33. The zero-order chi connectivity index (χ0) is 27.7. The molecule has 0 bridgehead atoms. The predicted molar refractivity (Wildman–Crippen MR) is 150 cm³/mol. The van der Waals surface area contributed by atoms with Crippen molar-refractivity contribution in [2.45, 2.75) is 25.8 Å². The summed E-state index contributed by atoms with van der Waals surface area (Å²) in [6.45, 7) is 3.63. The second-order valence-corrected chi connectivity index (χ2v) is 9.86. The van der Waals surface area contributed by atoms with Crippen molar-refractivity contribution >= 4 is 39.9 Å². The first-order valence-electron chi connectivity index (χ1n) is 12.8. The van der Waals surface area contributed by atoms with Gasteiger partial charge in [0.25, 0.3) is 5.69 Å². The molecule has 0 aliphatic carbocycles. The van der Waals surface area contributed by atoms with E-state index >= 15 is 0 Å². The summed E-state index contributed by atoms with van der Waals surface area (Å²) in [5.41, 5.74) is 2.92. The number of para-hydroxylation sites is 1. The molecular weight excluding hydrogens is 498 g/mol. The van der Waals surface area contributed by atoms with Gasteiger partial charge < -0.3 is 24.4 Å². The molecule has 1 aliphatic rings. The van der Waals surface area contributed by atoms with Crippen molar-refractivity contribution < 1.29 is 14.5 Å². The van der Waals surface area contributed by atoms with E-state index in [1.807, 2.05) is 61.5 Å². The van der Waals surface area contributed by atoms with Gasteiger partial charge in [-0.1, -0.05) is 18.2 Å². The maximum Gasteiger partial charge on any atom is 0.343 e. The smallest absolute Gasteiger partial charge is 0.343 e. The van der Waals surface area contributed by atoms with Gasteiger partial charge in [0.05, 0.1) is 23.2 Å². The number of aryl methyl sites for hydroxylation is 1. The third kappa shape index (κ3) is 5.13. The number of nitrogens with one attached hydrogen (secondary N) is 1. The summed E-state index contributed by atoms with van der Waals surface area (Å²) in [5.74, 6) is -0.0345. The van der Waals surface area contributed by atoms with E-state index < -0.39 is 5.97 Å². The van der Waals surface area contributed by atoms with Gasteiger partial charge in [0.1, 0.15) is 11.3 Å². The lowest BCUT2D eigenvalue weighted by molar-refractivity contribution is -0.384. The number of fused-ring (bicyclic) bond motifs is 1. The quantitative estimate of drug-likeness (QED) is 0.197. The Morgan fingerprint density at radius 2 is 2.08 bits per heavy atom. The molecule has 3 heterocycles. The van der Waals surface area contributed by atoms with E-state index in [0.717, 1.165) is 35.9 Å². The van der Waals surface area contributed by atoms with Crippen molar-refractivity contribution in [1.82, 2.24) is 19.4 Å². The summed E-state index contributed by atoms with van der Waals surface area (Å²) in [6, 6.07) is 13.4. The number of nitro groups is 1. The van der Waals surface area contributed by atoms with Gasteiger partial charge in [-0.05, 0) is 62.5 Å². The number of carbonyl (C=O) groups excluding carboxylic acids is 1. The zero-order valence-electron chi connectivity index (χ0n) is 22.4. The van der Waals surface area contributed by atoms with Crippen LogP contribution in [0.3, 0.4) is 0 Å². The van der Waals surface area contributed by atoms with Crippen LogP contribution >= 0.6 is 0 Å². The molecule has 39 heavy (non-hydrogen) atoms. The minimum atomic E-state index is -0.568. The van der Waals surface area contributed by atoms with E-state index in [2.05, 4.69) is 27.2 Å². The molecule has 0 radical (unpaired) electrons. The Labute approximate surface area is 226 Å². The number of nitrogens with zero attached hydrogens (tertiary/aromatic N) is 6. The number of hydrogen-bond donors (Lipinski definition) is 1. The Morgan fingerprint density at radius 1 is 1.28 bits per heavy atom. The molecule has 1 atom stereocenters. The van der Waals surface area contributed by atoms with Crippen LogP contribution in [0.25, 0.3) is 16.7 Å². The Morgan fingerprint density at radius 3 is 2.79 bits per heavy atom. The van der Waals surface area contributed by atoms with Gasteiger partial charge in [0.2, 0.25) is 5.95 Å². The average molecular weight is 530 g/mol. The SMILES string of the molecule is COC(=O)c1cnc(Nc2cc([N+](=O)[O-])c(N(C)C[C@H]3CCCN3C)cc2C)nc1-n1ccc2ccccc21. The second-order valence-electron chi connectivity index (χ2n) is 9.86. The topological polar surface area (TPSA) is 119 Å². The number of likely N-dealkylation sites (N-methyl/N-ethyl adjacent to an activating group) is 2. The lowest BCUT2D eigenvalue weighted by atomic mass is 10.1. The number of rotatable bonds is 8. The maximum absolute atomic E-state index is 12.5. The lowest BCUT2D eigenvalue weighted by Crippen LogP contribution is -2.36. The highest BCUT2D eigenvalue weighted by atomic mass is 16.6. The molecule has 11 nitrogen and oxygen atoms in total. The van der Waals surface area contributed by atoms with Crippen molar-refractivity contribution in [3.63, 3.8) is 0 Å². The molecule has 2 aromatic heterocycles. The van der Waals surface area contributed by atoms with Crippen molar-refractivity contribution in [2.24, 2.45) is 0 Å². The van der Waals surface area contributed by atoms with Gasteiger partial charge in [-0.25, -0.2) is 9.78 Å². The Balaban J connectivity index is 1.50. The summed E-state index contributed by atoms with van der Waals surface area (Å²) in [7, 11) is 5.29. The highest BCUT2D eigenvalue weighted by Gasteiger charge is 2.26. The van der Waals surface area contributed by atoms with Gasteiger partial charge in [-0.3, -0.25) is 10.1 Å². The van der Waals surface area contributed by atoms with Gasteiger partial charge in [-0.2, -0.15) is 4.98 Å². The minimum Gasteiger partial charge on any atom is -0.465 e. The van der Waals surface area contributed by atoms with Gasteiger partial charge >= 0.3 is 5.97 Å². The monoisotopic (exact) mass is 529 g/mol. The number of aromatic nitrogens is 3. The summed E-state index contributed by atoms with van der Waals surface area (Å²) in [5, 5.41) is 16.2. The fourth-order valence-corrected chi connectivity index (χ4v) is 5.15. The molecule has 202 valence electrons. The number of likely N-dealkylation sites (tertiary alicyclic amines) is 1. The van der Waals surface area contributed by atoms with Crippen LogP contribution in [0, 0.1) is 17.0 Å². The Bertz CT molecular complexity index is 1550. The van der Waals surface area contributed by atoms with E-state index in [4.69, 9.17) is 4.74 Å². The first-order chi connectivity index (χ1) is 18.8. The Hall–Kier alpha value is -4.51. The minimum absolute atomic E-state index is 0.00550. The molecule has 1 N–H and O–H groups in total.